The fraction of sp³-hybridized carbons (Fsp3) is 0.394. The monoisotopic (exact) mass is 609 g/mol. The number of halogens is 1. The first-order valence-corrected chi connectivity index (χ1v) is 16.8. The van der Waals surface area contributed by atoms with Crippen LogP contribution in [0, 0.1) is 0 Å². The van der Waals surface area contributed by atoms with Gasteiger partial charge in [0.15, 0.2) is 0 Å². The summed E-state index contributed by atoms with van der Waals surface area (Å²) in [6.45, 7) is 1.64. The molecule has 3 aromatic rings. The van der Waals surface area contributed by atoms with Crippen molar-refractivity contribution in [2.75, 3.05) is 17.1 Å². The number of nitrogens with zero attached hydrogens (tertiary/aromatic N) is 2. The second-order valence-corrected chi connectivity index (χ2v) is 13.3. The first-order chi connectivity index (χ1) is 20.2. The first-order valence-electron chi connectivity index (χ1n) is 14.6. The van der Waals surface area contributed by atoms with Crippen LogP contribution in [-0.4, -0.2) is 50.0 Å². The molecule has 2 amide bonds. The molecule has 1 atom stereocenters. The summed E-state index contributed by atoms with van der Waals surface area (Å²) in [5.74, 6) is -0.686. The smallest absolute Gasteiger partial charge is 0.244 e. The standard InChI is InChI=1S/C33H40ClN3O4S/c1-3-27-14-10-11-17-30(27)37(42(2,40)41)24-32(38)36(23-26-18-20-28(34)21-19-26)31(22-25-12-6-4-7-13-25)33(39)35-29-15-8-5-9-16-29/h4,6-7,10-14,17-21,29,31H,3,5,8-9,15-16,22-24H2,1-2H3,(H,35,39)/t31-/m0/s1. The number of carbonyl (C=O) groups excluding carboxylic acids is 2. The molecule has 42 heavy (non-hydrogen) atoms. The molecule has 1 aliphatic carbocycles. The van der Waals surface area contributed by atoms with Crippen LogP contribution in [0.1, 0.15) is 55.7 Å². The molecule has 1 aliphatic rings. The van der Waals surface area contributed by atoms with E-state index in [1.807, 2.05) is 61.5 Å². The molecule has 0 saturated heterocycles. The van der Waals surface area contributed by atoms with Crippen molar-refractivity contribution in [3.8, 4) is 0 Å². The molecule has 0 heterocycles. The summed E-state index contributed by atoms with van der Waals surface area (Å²) in [4.78, 5) is 29.8. The zero-order chi connectivity index (χ0) is 30.1. The third-order valence-electron chi connectivity index (χ3n) is 7.81. The Morgan fingerprint density at radius 1 is 0.905 bits per heavy atom. The van der Waals surface area contributed by atoms with E-state index in [-0.39, 0.29) is 18.5 Å². The third kappa shape index (κ3) is 8.58. The van der Waals surface area contributed by atoms with Crippen LogP contribution < -0.4 is 9.62 Å². The van der Waals surface area contributed by atoms with Crippen molar-refractivity contribution in [1.29, 1.82) is 0 Å². The second-order valence-electron chi connectivity index (χ2n) is 10.9. The highest BCUT2D eigenvalue weighted by atomic mass is 35.5. The van der Waals surface area contributed by atoms with Crippen molar-refractivity contribution < 1.29 is 18.0 Å². The van der Waals surface area contributed by atoms with Crippen LogP contribution in [-0.2, 0) is 39.0 Å². The third-order valence-corrected chi connectivity index (χ3v) is 9.19. The van der Waals surface area contributed by atoms with Gasteiger partial charge in [0.05, 0.1) is 11.9 Å². The van der Waals surface area contributed by atoms with E-state index < -0.39 is 28.5 Å². The first kappa shape index (κ1) is 31.6. The predicted octanol–water partition coefficient (Wildman–Crippen LogP) is 5.76. The van der Waals surface area contributed by atoms with Crippen LogP contribution in [0.5, 0.6) is 0 Å². The number of benzene rings is 3. The predicted molar refractivity (Wildman–Crippen MR) is 169 cm³/mol. The molecule has 0 radical (unpaired) electrons. The average Bonchev–Trinajstić information content (AvgIpc) is 2.99. The van der Waals surface area contributed by atoms with E-state index in [9.17, 15) is 18.0 Å². The SMILES string of the molecule is CCc1ccccc1N(CC(=O)N(Cc1ccc(Cl)cc1)[C@@H](Cc1ccccc1)C(=O)NC1CCCCC1)S(C)(=O)=O. The van der Waals surface area contributed by atoms with Gasteiger partial charge in [-0.25, -0.2) is 8.42 Å². The van der Waals surface area contributed by atoms with E-state index in [0.29, 0.717) is 23.6 Å². The van der Waals surface area contributed by atoms with Gasteiger partial charge in [0.25, 0.3) is 0 Å². The molecule has 224 valence electrons. The number of sulfonamides is 1. The molecule has 1 N–H and O–H groups in total. The van der Waals surface area contributed by atoms with Crippen molar-refractivity contribution in [3.63, 3.8) is 0 Å². The van der Waals surface area contributed by atoms with Gasteiger partial charge in [-0.05, 0) is 54.2 Å². The second kappa shape index (κ2) is 14.7. The molecule has 0 aliphatic heterocycles. The molecule has 7 nitrogen and oxygen atoms in total. The number of para-hydroxylation sites is 1. The molecule has 3 aromatic carbocycles. The zero-order valence-corrected chi connectivity index (χ0v) is 25.9. The lowest BCUT2D eigenvalue weighted by Crippen LogP contribution is -2.55. The fourth-order valence-electron chi connectivity index (χ4n) is 5.53. The molecule has 0 unspecified atom stereocenters. The Bertz CT molecular complexity index is 1440. The number of hydrogen-bond acceptors (Lipinski definition) is 4. The summed E-state index contributed by atoms with van der Waals surface area (Å²) in [6, 6.07) is 23.1. The molecule has 0 aromatic heterocycles. The summed E-state index contributed by atoms with van der Waals surface area (Å²) in [5.41, 5.74) is 2.98. The Morgan fingerprint density at radius 2 is 1.55 bits per heavy atom. The number of nitrogens with one attached hydrogen (secondary N) is 1. The van der Waals surface area contributed by atoms with Crippen LogP contribution in [0.15, 0.2) is 78.9 Å². The number of anilines is 1. The van der Waals surface area contributed by atoms with Crippen LogP contribution in [0.25, 0.3) is 0 Å². The van der Waals surface area contributed by atoms with Crippen LogP contribution in [0.4, 0.5) is 5.69 Å². The Labute approximate surface area is 254 Å². The van der Waals surface area contributed by atoms with E-state index >= 15 is 0 Å². The lowest BCUT2D eigenvalue weighted by Gasteiger charge is -2.35. The Balaban J connectivity index is 1.73. The highest BCUT2D eigenvalue weighted by Gasteiger charge is 2.34. The number of amides is 2. The van der Waals surface area contributed by atoms with Crippen LogP contribution >= 0.6 is 11.6 Å². The van der Waals surface area contributed by atoms with E-state index in [2.05, 4.69) is 5.32 Å². The van der Waals surface area contributed by atoms with Gasteiger partial charge in [0.1, 0.15) is 12.6 Å². The van der Waals surface area contributed by atoms with Gasteiger partial charge in [0.2, 0.25) is 21.8 Å². The number of aryl methyl sites for hydroxylation is 1. The molecule has 9 heteroatoms. The highest BCUT2D eigenvalue weighted by molar-refractivity contribution is 7.92. The molecule has 1 fully saturated rings. The maximum Gasteiger partial charge on any atom is 0.244 e. The quantitative estimate of drug-likeness (QED) is 0.283. The van der Waals surface area contributed by atoms with Crippen LogP contribution in [0.2, 0.25) is 5.02 Å². The Kier molecular flexibility index (Phi) is 11.0. The van der Waals surface area contributed by atoms with Gasteiger partial charge < -0.3 is 10.2 Å². The van der Waals surface area contributed by atoms with Gasteiger partial charge in [-0.2, -0.15) is 0 Å². The van der Waals surface area contributed by atoms with Crippen molar-refractivity contribution in [1.82, 2.24) is 10.2 Å². The Hall–Kier alpha value is -3.36. The minimum absolute atomic E-state index is 0.0564. The van der Waals surface area contributed by atoms with Gasteiger partial charge in [-0.1, -0.05) is 98.5 Å². The summed E-state index contributed by atoms with van der Waals surface area (Å²) in [6.07, 6.45) is 7.09. The topological polar surface area (TPSA) is 86.8 Å². The highest BCUT2D eigenvalue weighted by Crippen LogP contribution is 2.25. The normalized spacial score (nSPS) is 14.6. The van der Waals surface area contributed by atoms with Gasteiger partial charge in [-0.15, -0.1) is 0 Å². The van der Waals surface area contributed by atoms with Crippen molar-refractivity contribution in [2.45, 2.75) is 70.5 Å². The molecule has 4 rings (SSSR count). The summed E-state index contributed by atoms with van der Waals surface area (Å²) in [5, 5.41) is 3.78. The minimum Gasteiger partial charge on any atom is -0.352 e. The zero-order valence-electron chi connectivity index (χ0n) is 24.3. The van der Waals surface area contributed by atoms with Gasteiger partial charge in [-0.3, -0.25) is 13.9 Å². The molecular weight excluding hydrogens is 570 g/mol. The van der Waals surface area contributed by atoms with Crippen molar-refractivity contribution in [2.24, 2.45) is 0 Å². The van der Waals surface area contributed by atoms with E-state index in [1.54, 1.807) is 24.3 Å². The molecule has 0 spiro atoms. The fourth-order valence-corrected chi connectivity index (χ4v) is 6.54. The van der Waals surface area contributed by atoms with E-state index in [4.69, 9.17) is 11.6 Å². The lowest BCUT2D eigenvalue weighted by molar-refractivity contribution is -0.140. The molecule has 1 saturated carbocycles. The average molecular weight is 610 g/mol. The maximum absolute atomic E-state index is 14.3. The van der Waals surface area contributed by atoms with Gasteiger partial charge >= 0.3 is 0 Å². The maximum atomic E-state index is 14.3. The lowest BCUT2D eigenvalue weighted by atomic mass is 9.94. The molecular formula is C33H40ClN3O4S. The van der Waals surface area contributed by atoms with E-state index in [0.717, 1.165) is 59.4 Å². The van der Waals surface area contributed by atoms with Crippen molar-refractivity contribution >= 4 is 39.1 Å². The number of rotatable bonds is 12. The summed E-state index contributed by atoms with van der Waals surface area (Å²) in [7, 11) is -3.82. The number of carbonyl (C=O) groups is 2. The van der Waals surface area contributed by atoms with Crippen molar-refractivity contribution in [3.05, 3.63) is 101 Å². The molecule has 0 bridgehead atoms. The van der Waals surface area contributed by atoms with Gasteiger partial charge in [0, 0.05) is 24.0 Å². The summed E-state index contributed by atoms with van der Waals surface area (Å²) < 4.78 is 27.3. The van der Waals surface area contributed by atoms with Crippen LogP contribution in [0.3, 0.4) is 0 Å². The Morgan fingerprint density at radius 3 is 2.19 bits per heavy atom. The summed E-state index contributed by atoms with van der Waals surface area (Å²) >= 11 is 6.14. The largest absolute Gasteiger partial charge is 0.352 e. The minimum atomic E-state index is -3.82. The number of hydrogen-bond donors (Lipinski definition) is 1. The van der Waals surface area contributed by atoms with E-state index in [1.165, 1.54) is 4.90 Å².